The van der Waals surface area contributed by atoms with E-state index < -0.39 is 6.10 Å². The van der Waals surface area contributed by atoms with Crippen LogP contribution in [0.3, 0.4) is 0 Å². The van der Waals surface area contributed by atoms with Gasteiger partial charge >= 0.3 is 17.9 Å². The summed E-state index contributed by atoms with van der Waals surface area (Å²) in [5.41, 5.74) is 0. The highest BCUT2D eigenvalue weighted by atomic mass is 16.6. The van der Waals surface area contributed by atoms with Crippen molar-refractivity contribution >= 4 is 17.9 Å². The van der Waals surface area contributed by atoms with Gasteiger partial charge in [0.25, 0.3) is 0 Å². The molecule has 0 radical (unpaired) electrons. The van der Waals surface area contributed by atoms with Crippen LogP contribution < -0.4 is 0 Å². The summed E-state index contributed by atoms with van der Waals surface area (Å²) in [6.45, 7) is 11.3. The lowest BCUT2D eigenvalue weighted by Gasteiger charge is -2.18. The smallest absolute Gasteiger partial charge is 0.306 e. The van der Waals surface area contributed by atoms with E-state index in [0.717, 1.165) is 69.6 Å². The van der Waals surface area contributed by atoms with E-state index in [0.29, 0.717) is 19.3 Å². The molecule has 0 rings (SSSR count). The predicted molar refractivity (Wildman–Crippen MR) is 243 cm³/mol. The number of hydrogen-bond donors (Lipinski definition) is 0. The van der Waals surface area contributed by atoms with Crippen molar-refractivity contribution in [3.63, 3.8) is 0 Å². The maximum atomic E-state index is 12.8. The molecule has 1 atom stereocenters. The van der Waals surface area contributed by atoms with Crippen LogP contribution in [0.1, 0.15) is 279 Å². The molecule has 6 heteroatoms. The maximum absolute atomic E-state index is 12.8. The van der Waals surface area contributed by atoms with Crippen molar-refractivity contribution in [2.75, 3.05) is 13.2 Å². The Hall–Kier alpha value is -1.59. The fraction of sp³-hybridized carbons (Fsp3) is 0.941. The fourth-order valence-electron chi connectivity index (χ4n) is 7.64. The van der Waals surface area contributed by atoms with Crippen LogP contribution in [0.25, 0.3) is 0 Å². The van der Waals surface area contributed by atoms with Crippen molar-refractivity contribution in [3.8, 4) is 0 Å². The zero-order valence-electron chi connectivity index (χ0n) is 39.0. The Morgan fingerprint density at radius 2 is 0.579 bits per heavy atom. The highest BCUT2D eigenvalue weighted by Crippen LogP contribution is 2.17. The SMILES string of the molecule is CCCCCCCCCCCCCCCC(=O)O[C@@H](COC(=O)CCCCCCCCCCCCCCCC(C)C)COC(=O)CCCCCCCCCC(C)C. The van der Waals surface area contributed by atoms with Gasteiger partial charge in [-0.15, -0.1) is 0 Å². The maximum Gasteiger partial charge on any atom is 0.306 e. The van der Waals surface area contributed by atoms with Gasteiger partial charge in [-0.25, -0.2) is 0 Å². The number of rotatable bonds is 45. The number of ether oxygens (including phenoxy) is 3. The molecule has 0 aromatic rings. The van der Waals surface area contributed by atoms with E-state index >= 15 is 0 Å². The van der Waals surface area contributed by atoms with E-state index in [1.807, 2.05) is 0 Å². The second-order valence-corrected chi connectivity index (χ2v) is 18.4. The molecule has 0 aromatic heterocycles. The molecule has 0 fully saturated rings. The van der Waals surface area contributed by atoms with Crippen LogP contribution in [0.2, 0.25) is 0 Å². The van der Waals surface area contributed by atoms with E-state index in [-0.39, 0.29) is 31.1 Å². The van der Waals surface area contributed by atoms with Gasteiger partial charge in [0.2, 0.25) is 0 Å². The molecule has 0 bridgehead atoms. The Labute approximate surface area is 355 Å². The molecule has 57 heavy (non-hydrogen) atoms. The molecule has 0 saturated heterocycles. The van der Waals surface area contributed by atoms with E-state index in [2.05, 4.69) is 34.6 Å². The Balaban J connectivity index is 4.29. The zero-order chi connectivity index (χ0) is 41.9. The third-order valence-corrected chi connectivity index (χ3v) is 11.5. The number of carbonyl (C=O) groups excluding carboxylic acids is 3. The average molecular weight is 807 g/mol. The molecule has 0 amide bonds. The summed E-state index contributed by atoms with van der Waals surface area (Å²) in [4.78, 5) is 37.8. The van der Waals surface area contributed by atoms with Crippen molar-refractivity contribution in [1.82, 2.24) is 0 Å². The van der Waals surface area contributed by atoms with Crippen molar-refractivity contribution in [2.24, 2.45) is 11.8 Å². The standard InChI is InChI=1S/C51H98O6/c1-6-7-8-9-10-11-12-14-19-22-27-33-38-43-51(54)57-48(45-56-50(53)42-37-32-28-23-25-30-35-40-47(4)5)44-55-49(52)41-36-31-26-21-18-16-13-15-17-20-24-29-34-39-46(2)3/h46-48H,6-45H2,1-5H3/t48-/m0/s1. The molecule has 0 aliphatic rings. The fourth-order valence-corrected chi connectivity index (χ4v) is 7.64. The molecule has 0 aliphatic heterocycles. The summed E-state index contributed by atoms with van der Waals surface area (Å²) < 4.78 is 16.8. The van der Waals surface area contributed by atoms with Gasteiger partial charge < -0.3 is 14.2 Å². The highest BCUT2D eigenvalue weighted by molar-refractivity contribution is 5.71. The summed E-state index contributed by atoms with van der Waals surface area (Å²) >= 11 is 0. The van der Waals surface area contributed by atoms with Gasteiger partial charge in [-0.1, -0.05) is 240 Å². The number of hydrogen-bond acceptors (Lipinski definition) is 6. The van der Waals surface area contributed by atoms with Gasteiger partial charge in [0.1, 0.15) is 13.2 Å². The molecule has 0 spiro atoms. The summed E-state index contributed by atoms with van der Waals surface area (Å²) in [5.74, 6) is 0.769. The lowest BCUT2D eigenvalue weighted by atomic mass is 10.0. The second-order valence-electron chi connectivity index (χ2n) is 18.4. The summed E-state index contributed by atoms with van der Waals surface area (Å²) in [5, 5.41) is 0. The largest absolute Gasteiger partial charge is 0.462 e. The summed E-state index contributed by atoms with van der Waals surface area (Å²) in [6, 6.07) is 0. The Morgan fingerprint density at radius 3 is 0.860 bits per heavy atom. The first-order valence-corrected chi connectivity index (χ1v) is 25.2. The van der Waals surface area contributed by atoms with Gasteiger partial charge in [0, 0.05) is 19.3 Å². The van der Waals surface area contributed by atoms with E-state index in [1.54, 1.807) is 0 Å². The van der Waals surface area contributed by atoms with Crippen LogP contribution in [0.5, 0.6) is 0 Å². The lowest BCUT2D eigenvalue weighted by Crippen LogP contribution is -2.30. The number of esters is 3. The van der Waals surface area contributed by atoms with Crippen LogP contribution in [0.4, 0.5) is 0 Å². The van der Waals surface area contributed by atoms with Crippen LogP contribution in [0, 0.1) is 11.8 Å². The van der Waals surface area contributed by atoms with Gasteiger partial charge in [-0.05, 0) is 31.1 Å². The van der Waals surface area contributed by atoms with Crippen molar-refractivity contribution in [2.45, 2.75) is 285 Å². The minimum absolute atomic E-state index is 0.0643. The van der Waals surface area contributed by atoms with Crippen LogP contribution in [0.15, 0.2) is 0 Å². The number of unbranched alkanes of at least 4 members (excludes halogenated alkanes) is 30. The summed E-state index contributed by atoms with van der Waals surface area (Å²) in [6.07, 6.45) is 43.8. The third kappa shape index (κ3) is 45.3. The Bertz CT molecular complexity index is 870. The van der Waals surface area contributed by atoms with Crippen molar-refractivity contribution in [1.29, 1.82) is 0 Å². The van der Waals surface area contributed by atoms with Crippen molar-refractivity contribution < 1.29 is 28.6 Å². The van der Waals surface area contributed by atoms with Gasteiger partial charge in [-0.2, -0.15) is 0 Å². The number of carbonyl (C=O) groups is 3. The molecule has 338 valence electrons. The molecular weight excluding hydrogens is 709 g/mol. The molecule has 0 aromatic carbocycles. The molecule has 0 unspecified atom stereocenters. The zero-order valence-corrected chi connectivity index (χ0v) is 39.0. The first kappa shape index (κ1) is 55.4. The Morgan fingerprint density at radius 1 is 0.333 bits per heavy atom. The molecule has 0 saturated carbocycles. The van der Waals surface area contributed by atoms with E-state index in [1.165, 1.54) is 167 Å². The minimum atomic E-state index is -0.761. The van der Waals surface area contributed by atoms with Crippen LogP contribution in [-0.2, 0) is 28.6 Å². The topological polar surface area (TPSA) is 78.9 Å². The van der Waals surface area contributed by atoms with Crippen LogP contribution >= 0.6 is 0 Å². The normalized spacial score (nSPS) is 12.1. The highest BCUT2D eigenvalue weighted by Gasteiger charge is 2.19. The second kappa shape index (κ2) is 44.0. The van der Waals surface area contributed by atoms with Gasteiger partial charge in [0.05, 0.1) is 0 Å². The Kier molecular flexibility index (Phi) is 42.7. The minimum Gasteiger partial charge on any atom is -0.462 e. The molecule has 0 aliphatic carbocycles. The monoisotopic (exact) mass is 807 g/mol. The molecular formula is C51H98O6. The van der Waals surface area contributed by atoms with Crippen LogP contribution in [-0.4, -0.2) is 37.2 Å². The van der Waals surface area contributed by atoms with E-state index in [9.17, 15) is 14.4 Å². The third-order valence-electron chi connectivity index (χ3n) is 11.5. The lowest BCUT2D eigenvalue weighted by molar-refractivity contribution is -0.167. The average Bonchev–Trinajstić information content (AvgIpc) is 3.18. The molecule has 0 heterocycles. The van der Waals surface area contributed by atoms with E-state index in [4.69, 9.17) is 14.2 Å². The first-order chi connectivity index (χ1) is 27.7. The first-order valence-electron chi connectivity index (χ1n) is 25.2. The predicted octanol–water partition coefficient (Wildman–Crippen LogP) is 16.1. The van der Waals surface area contributed by atoms with Crippen molar-refractivity contribution in [3.05, 3.63) is 0 Å². The quantitative estimate of drug-likeness (QED) is 0.0346. The molecule has 6 nitrogen and oxygen atoms in total. The van der Waals surface area contributed by atoms with Gasteiger partial charge in [0.15, 0.2) is 6.10 Å². The van der Waals surface area contributed by atoms with Gasteiger partial charge in [-0.3, -0.25) is 14.4 Å². The molecule has 0 N–H and O–H groups in total. The summed E-state index contributed by atoms with van der Waals surface area (Å²) in [7, 11) is 0.